The fourth-order valence-electron chi connectivity index (χ4n) is 4.05. The first kappa shape index (κ1) is 24.2. The number of hydrogen-bond donors (Lipinski definition) is 2. The van der Waals surface area contributed by atoms with Gasteiger partial charge < -0.3 is 25.4 Å². The summed E-state index contributed by atoms with van der Waals surface area (Å²) >= 11 is 0. The molecule has 0 saturated carbocycles. The van der Waals surface area contributed by atoms with E-state index in [0.29, 0.717) is 42.1 Å². The first-order valence-electron chi connectivity index (χ1n) is 11.2. The maximum Gasteiger partial charge on any atom is 0.410 e. The van der Waals surface area contributed by atoms with E-state index in [1.165, 1.54) is 20.7 Å². The first-order chi connectivity index (χ1) is 16.4. The molecule has 0 bridgehead atoms. The molecule has 1 saturated heterocycles. The van der Waals surface area contributed by atoms with E-state index in [9.17, 15) is 19.5 Å². The molecule has 1 atom stereocenters. The first-order valence-corrected chi connectivity index (χ1v) is 11.2. The highest BCUT2D eigenvalue weighted by Crippen LogP contribution is 2.26. The van der Waals surface area contributed by atoms with Crippen molar-refractivity contribution in [1.29, 1.82) is 0 Å². The number of amides is 3. The Morgan fingerprint density at radius 1 is 1.29 bits per heavy atom. The lowest BCUT2D eigenvalue weighted by Gasteiger charge is -2.30. The molecule has 1 unspecified atom stereocenters. The van der Waals surface area contributed by atoms with E-state index >= 15 is 0 Å². The van der Waals surface area contributed by atoms with Gasteiger partial charge >= 0.3 is 6.09 Å². The van der Waals surface area contributed by atoms with Crippen molar-refractivity contribution in [3.63, 3.8) is 0 Å². The third-order valence-electron chi connectivity index (χ3n) is 5.83. The van der Waals surface area contributed by atoms with Crippen LogP contribution in [0.3, 0.4) is 0 Å². The van der Waals surface area contributed by atoms with Crippen LogP contribution >= 0.6 is 0 Å². The molecule has 0 spiro atoms. The Bertz CT molecular complexity index is 1270. The Balaban J connectivity index is 1.65. The largest absolute Gasteiger partial charge is 0.444 e. The van der Waals surface area contributed by atoms with E-state index in [4.69, 9.17) is 10.5 Å². The lowest BCUT2D eigenvalue weighted by molar-refractivity contribution is -0.137. The molecule has 2 aromatic rings. The normalized spacial score (nSPS) is 19.7. The number of nitrogens with zero attached hydrogens (tertiary/aromatic N) is 5. The summed E-state index contributed by atoms with van der Waals surface area (Å²) in [4.78, 5) is 44.2. The van der Waals surface area contributed by atoms with E-state index in [-0.39, 0.29) is 18.7 Å². The molecule has 11 heteroatoms. The van der Waals surface area contributed by atoms with Crippen LogP contribution in [-0.2, 0) is 22.5 Å². The number of likely N-dealkylation sites (N-methyl/N-ethyl adjacent to an activating group) is 1. The zero-order chi connectivity index (χ0) is 25.5. The Morgan fingerprint density at radius 3 is 2.66 bits per heavy atom. The van der Waals surface area contributed by atoms with Gasteiger partial charge in [0.1, 0.15) is 5.60 Å². The predicted octanol–water partition coefficient (Wildman–Crippen LogP) is 0.604. The molecular formula is C24H28N6O5. The van der Waals surface area contributed by atoms with Crippen LogP contribution in [-0.4, -0.2) is 78.9 Å². The average Bonchev–Trinajstić information content (AvgIpc) is 3.30. The van der Waals surface area contributed by atoms with Gasteiger partial charge in [-0.3, -0.25) is 9.59 Å². The van der Waals surface area contributed by atoms with Crippen molar-refractivity contribution in [1.82, 2.24) is 24.6 Å². The van der Waals surface area contributed by atoms with Crippen molar-refractivity contribution in [2.45, 2.75) is 51.4 Å². The molecule has 4 rings (SSSR count). The molecule has 0 aliphatic carbocycles. The molecule has 35 heavy (non-hydrogen) atoms. The average molecular weight is 481 g/mol. The van der Waals surface area contributed by atoms with Gasteiger partial charge in [0.2, 0.25) is 5.60 Å². The summed E-state index contributed by atoms with van der Waals surface area (Å²) in [5.41, 5.74) is 5.05. The second-order valence-electron chi connectivity index (χ2n) is 9.69. The van der Waals surface area contributed by atoms with Crippen LogP contribution in [0.1, 0.15) is 54.5 Å². The molecule has 184 valence electrons. The summed E-state index contributed by atoms with van der Waals surface area (Å²) in [5.74, 6) is 4.78. The highest BCUT2D eigenvalue weighted by atomic mass is 16.6. The zero-order valence-electron chi connectivity index (χ0n) is 20.2. The number of aliphatic hydroxyl groups is 1. The zero-order valence-corrected chi connectivity index (χ0v) is 20.2. The van der Waals surface area contributed by atoms with Crippen LogP contribution < -0.4 is 5.73 Å². The smallest absolute Gasteiger partial charge is 0.410 e. The summed E-state index contributed by atoms with van der Waals surface area (Å²) in [6.07, 6.45) is 1.69. The van der Waals surface area contributed by atoms with E-state index in [2.05, 4.69) is 21.9 Å². The number of aromatic nitrogens is 3. The fourth-order valence-corrected chi connectivity index (χ4v) is 4.05. The summed E-state index contributed by atoms with van der Waals surface area (Å²) < 4.78 is 6.98. The van der Waals surface area contributed by atoms with Crippen LogP contribution in [0.25, 0.3) is 5.82 Å². The number of likely N-dealkylation sites (tertiary alicyclic amines) is 1. The van der Waals surface area contributed by atoms with Gasteiger partial charge in [-0.2, -0.15) is 5.10 Å². The van der Waals surface area contributed by atoms with Gasteiger partial charge in [0.25, 0.3) is 11.8 Å². The van der Waals surface area contributed by atoms with Crippen LogP contribution in [0, 0.1) is 11.8 Å². The van der Waals surface area contributed by atoms with Crippen molar-refractivity contribution >= 4 is 17.9 Å². The van der Waals surface area contributed by atoms with Gasteiger partial charge in [0.15, 0.2) is 11.5 Å². The van der Waals surface area contributed by atoms with E-state index in [0.717, 1.165) is 0 Å². The Kier molecular flexibility index (Phi) is 6.02. The van der Waals surface area contributed by atoms with Gasteiger partial charge in [-0.25, -0.2) is 14.5 Å². The molecule has 4 heterocycles. The van der Waals surface area contributed by atoms with Gasteiger partial charge in [0.05, 0.1) is 12.2 Å². The second kappa shape index (κ2) is 8.70. The molecule has 0 radical (unpaired) electrons. The summed E-state index contributed by atoms with van der Waals surface area (Å²) in [6.45, 7) is 6.29. The maximum atomic E-state index is 12.6. The van der Waals surface area contributed by atoms with E-state index in [1.807, 2.05) is 0 Å². The van der Waals surface area contributed by atoms with Crippen LogP contribution in [0.2, 0.25) is 0 Å². The van der Waals surface area contributed by atoms with Crippen LogP contribution in [0.4, 0.5) is 4.79 Å². The van der Waals surface area contributed by atoms with E-state index < -0.39 is 29.1 Å². The molecule has 1 fully saturated rings. The quantitative estimate of drug-likeness (QED) is 0.599. The molecule has 2 aromatic heterocycles. The minimum absolute atomic E-state index is 0.0560. The fraction of sp³-hybridized carbons (Fsp3) is 0.458. The Labute approximate surface area is 202 Å². The second-order valence-corrected chi connectivity index (χ2v) is 9.69. The van der Waals surface area contributed by atoms with Crippen molar-refractivity contribution in [2.75, 3.05) is 20.1 Å². The highest BCUT2D eigenvalue weighted by Gasteiger charge is 2.42. The van der Waals surface area contributed by atoms with Gasteiger partial charge in [-0.15, -0.1) is 0 Å². The predicted molar refractivity (Wildman–Crippen MR) is 124 cm³/mol. The number of pyridine rings is 1. The minimum atomic E-state index is -1.71. The lowest BCUT2D eigenvalue weighted by atomic mass is 10.0. The van der Waals surface area contributed by atoms with Crippen molar-refractivity contribution in [2.24, 2.45) is 5.73 Å². The van der Waals surface area contributed by atoms with Crippen molar-refractivity contribution in [3.8, 4) is 17.7 Å². The molecule has 0 aromatic carbocycles. The van der Waals surface area contributed by atoms with Crippen molar-refractivity contribution in [3.05, 3.63) is 40.8 Å². The standard InChI is InChI=1S/C24H28N6O5/c1-23(2,3)35-22(33)29-11-7-17-16(14-29)19(20(25)31)27-30(17)18-13-15(6-10-26-18)5-8-24(34)9-12-28(4)21(24)32/h6,10,13,34H,7,9,11-12,14H2,1-4H3,(H2,25,31). The number of ether oxygens (including phenoxy) is 1. The topological polar surface area (TPSA) is 144 Å². The number of hydrogen-bond acceptors (Lipinski definition) is 7. The molecule has 3 N–H and O–H groups in total. The number of carbonyl (C=O) groups excluding carboxylic acids is 3. The molecule has 3 amide bonds. The molecule has 2 aliphatic heterocycles. The molecule has 2 aliphatic rings. The van der Waals surface area contributed by atoms with Gasteiger partial charge in [-0.1, -0.05) is 11.8 Å². The maximum absolute atomic E-state index is 12.6. The Morgan fingerprint density at radius 2 is 2.03 bits per heavy atom. The number of nitrogens with two attached hydrogens (primary N) is 1. The lowest BCUT2D eigenvalue weighted by Crippen LogP contribution is -2.40. The summed E-state index contributed by atoms with van der Waals surface area (Å²) in [6, 6.07) is 3.30. The number of carbonyl (C=O) groups is 3. The third-order valence-corrected chi connectivity index (χ3v) is 5.83. The molecule has 11 nitrogen and oxygen atoms in total. The minimum Gasteiger partial charge on any atom is -0.444 e. The summed E-state index contributed by atoms with van der Waals surface area (Å²) in [5, 5.41) is 14.9. The van der Waals surface area contributed by atoms with Gasteiger partial charge in [0, 0.05) is 50.3 Å². The molecular weight excluding hydrogens is 452 g/mol. The summed E-state index contributed by atoms with van der Waals surface area (Å²) in [7, 11) is 1.62. The number of rotatable bonds is 2. The highest BCUT2D eigenvalue weighted by molar-refractivity contribution is 5.93. The Hall–Kier alpha value is -3.91. The number of primary amides is 1. The number of fused-ring (bicyclic) bond motifs is 1. The van der Waals surface area contributed by atoms with E-state index in [1.54, 1.807) is 40.0 Å². The monoisotopic (exact) mass is 480 g/mol. The SMILES string of the molecule is CN1CCC(O)(C#Cc2ccnc(-n3nc(C(N)=O)c4c3CCN(C(=O)OC(C)(C)C)C4)c2)C1=O. The van der Waals surface area contributed by atoms with Crippen LogP contribution in [0.5, 0.6) is 0 Å². The van der Waals surface area contributed by atoms with Crippen molar-refractivity contribution < 1.29 is 24.2 Å². The van der Waals surface area contributed by atoms with Crippen LogP contribution in [0.15, 0.2) is 18.3 Å². The van der Waals surface area contributed by atoms with Gasteiger partial charge in [-0.05, 0) is 32.9 Å². The third kappa shape index (κ3) is 4.83.